The number of rotatable bonds is 6. The largest absolute Gasteiger partial charge is 0.370 e. The fourth-order valence-corrected chi connectivity index (χ4v) is 2.30. The van der Waals surface area contributed by atoms with Crippen LogP contribution in [0.3, 0.4) is 0 Å². The first kappa shape index (κ1) is 14.5. The molecule has 0 atom stereocenters. The monoisotopic (exact) mass is 273 g/mol. The molecule has 108 valence electrons. The van der Waals surface area contributed by atoms with Gasteiger partial charge in [0.25, 0.3) is 0 Å². The second-order valence-electron chi connectivity index (χ2n) is 4.94. The molecule has 0 spiro atoms. The average molecular weight is 273 g/mol. The second-order valence-corrected chi connectivity index (χ2v) is 4.94. The normalized spacial score (nSPS) is 10.8. The van der Waals surface area contributed by atoms with Crippen LogP contribution in [0, 0.1) is 13.8 Å². The lowest BCUT2D eigenvalue weighted by Crippen LogP contribution is -2.10. The zero-order valence-corrected chi connectivity index (χ0v) is 12.8. The second kappa shape index (κ2) is 6.50. The van der Waals surface area contributed by atoms with Gasteiger partial charge in [0, 0.05) is 37.5 Å². The summed E-state index contributed by atoms with van der Waals surface area (Å²) < 4.78 is 2.20. The number of aryl methyl sites for hydroxylation is 2. The van der Waals surface area contributed by atoms with Gasteiger partial charge in [-0.25, -0.2) is 15.0 Å². The van der Waals surface area contributed by atoms with Crippen molar-refractivity contribution >= 4 is 5.82 Å². The molecule has 2 rings (SSSR count). The maximum atomic E-state index is 4.59. The maximum absolute atomic E-state index is 4.59. The Balaban J connectivity index is 2.30. The van der Waals surface area contributed by atoms with Crippen molar-refractivity contribution in [3.8, 4) is 0 Å². The molecule has 0 saturated carbocycles. The SMILES string of the molecule is CCCn1ccnc1Cc1nc(C)nc(NCC)c1C. The van der Waals surface area contributed by atoms with Crippen molar-refractivity contribution in [2.45, 2.75) is 47.1 Å². The van der Waals surface area contributed by atoms with E-state index in [2.05, 4.69) is 45.6 Å². The molecule has 0 saturated heterocycles. The quantitative estimate of drug-likeness (QED) is 0.879. The van der Waals surface area contributed by atoms with Crippen LogP contribution in [0.2, 0.25) is 0 Å². The minimum absolute atomic E-state index is 0.751. The summed E-state index contributed by atoms with van der Waals surface area (Å²) in [7, 11) is 0. The van der Waals surface area contributed by atoms with Gasteiger partial charge >= 0.3 is 0 Å². The van der Waals surface area contributed by atoms with E-state index in [0.29, 0.717) is 0 Å². The van der Waals surface area contributed by atoms with E-state index in [1.807, 2.05) is 19.3 Å². The molecule has 0 aliphatic rings. The predicted molar refractivity (Wildman–Crippen MR) is 81.0 cm³/mol. The van der Waals surface area contributed by atoms with Crippen molar-refractivity contribution in [3.63, 3.8) is 0 Å². The molecule has 2 heterocycles. The van der Waals surface area contributed by atoms with Crippen molar-refractivity contribution in [3.05, 3.63) is 35.3 Å². The third kappa shape index (κ3) is 3.15. The van der Waals surface area contributed by atoms with Crippen LogP contribution in [0.1, 0.15) is 43.2 Å². The van der Waals surface area contributed by atoms with Crippen LogP contribution >= 0.6 is 0 Å². The summed E-state index contributed by atoms with van der Waals surface area (Å²) in [5, 5.41) is 3.30. The molecule has 0 fully saturated rings. The molecule has 0 radical (unpaired) electrons. The number of imidazole rings is 1. The van der Waals surface area contributed by atoms with Crippen LogP contribution in [-0.2, 0) is 13.0 Å². The van der Waals surface area contributed by atoms with E-state index in [-0.39, 0.29) is 0 Å². The van der Waals surface area contributed by atoms with Crippen molar-refractivity contribution in [1.29, 1.82) is 0 Å². The van der Waals surface area contributed by atoms with Gasteiger partial charge in [-0.05, 0) is 27.2 Å². The molecular formula is C15H23N5. The first-order valence-electron chi connectivity index (χ1n) is 7.23. The third-order valence-corrected chi connectivity index (χ3v) is 3.29. The van der Waals surface area contributed by atoms with Gasteiger partial charge in [-0.3, -0.25) is 0 Å². The van der Waals surface area contributed by atoms with E-state index in [1.54, 1.807) is 0 Å². The summed E-state index contributed by atoms with van der Waals surface area (Å²) in [4.78, 5) is 13.5. The fourth-order valence-electron chi connectivity index (χ4n) is 2.30. The molecule has 5 nitrogen and oxygen atoms in total. The summed E-state index contributed by atoms with van der Waals surface area (Å²) in [6, 6.07) is 0. The molecule has 2 aromatic rings. The predicted octanol–water partition coefficient (Wildman–Crippen LogP) is 2.72. The molecule has 0 aliphatic carbocycles. The van der Waals surface area contributed by atoms with E-state index >= 15 is 0 Å². The Bertz CT molecular complexity index is 574. The highest BCUT2D eigenvalue weighted by atomic mass is 15.1. The zero-order chi connectivity index (χ0) is 14.5. The number of aromatic nitrogens is 4. The van der Waals surface area contributed by atoms with Crippen molar-refractivity contribution in [2.75, 3.05) is 11.9 Å². The van der Waals surface area contributed by atoms with Crippen LogP contribution in [0.5, 0.6) is 0 Å². The lowest BCUT2D eigenvalue weighted by Gasteiger charge is -2.12. The highest BCUT2D eigenvalue weighted by molar-refractivity contribution is 5.46. The summed E-state index contributed by atoms with van der Waals surface area (Å²) in [5.41, 5.74) is 2.17. The van der Waals surface area contributed by atoms with Gasteiger partial charge in [0.15, 0.2) is 0 Å². The smallest absolute Gasteiger partial charge is 0.132 e. The Labute approximate surface area is 120 Å². The highest BCUT2D eigenvalue weighted by Crippen LogP contribution is 2.18. The van der Waals surface area contributed by atoms with E-state index < -0.39 is 0 Å². The molecule has 0 unspecified atom stereocenters. The van der Waals surface area contributed by atoms with E-state index in [1.165, 1.54) is 0 Å². The number of anilines is 1. The van der Waals surface area contributed by atoms with E-state index in [9.17, 15) is 0 Å². The maximum Gasteiger partial charge on any atom is 0.132 e. The molecule has 5 heteroatoms. The van der Waals surface area contributed by atoms with Gasteiger partial charge in [-0.2, -0.15) is 0 Å². The average Bonchev–Trinajstić information content (AvgIpc) is 2.83. The number of nitrogens with one attached hydrogen (secondary N) is 1. The fraction of sp³-hybridized carbons (Fsp3) is 0.533. The minimum atomic E-state index is 0.751. The van der Waals surface area contributed by atoms with Gasteiger partial charge in [0.1, 0.15) is 17.5 Å². The first-order valence-corrected chi connectivity index (χ1v) is 7.23. The Kier molecular flexibility index (Phi) is 4.71. The molecular weight excluding hydrogens is 250 g/mol. The van der Waals surface area contributed by atoms with Gasteiger partial charge in [0.2, 0.25) is 0 Å². The lowest BCUT2D eigenvalue weighted by atomic mass is 10.1. The van der Waals surface area contributed by atoms with Gasteiger partial charge < -0.3 is 9.88 Å². The molecule has 0 aliphatic heterocycles. The summed E-state index contributed by atoms with van der Waals surface area (Å²) in [5.74, 6) is 2.80. The molecule has 20 heavy (non-hydrogen) atoms. The first-order chi connectivity index (χ1) is 9.65. The van der Waals surface area contributed by atoms with Crippen LogP contribution in [0.4, 0.5) is 5.82 Å². The van der Waals surface area contributed by atoms with Gasteiger partial charge in [0.05, 0.1) is 5.69 Å². The standard InChI is InChI=1S/C15H23N5/c1-5-8-20-9-7-17-14(20)10-13-11(3)15(16-6-2)19-12(4)18-13/h7,9H,5-6,8,10H2,1-4H3,(H,16,18,19). The third-order valence-electron chi connectivity index (χ3n) is 3.29. The van der Waals surface area contributed by atoms with Gasteiger partial charge in [-0.1, -0.05) is 6.92 Å². The number of hydrogen-bond donors (Lipinski definition) is 1. The highest BCUT2D eigenvalue weighted by Gasteiger charge is 2.12. The molecule has 2 aromatic heterocycles. The molecule has 1 N–H and O–H groups in total. The van der Waals surface area contributed by atoms with E-state index in [4.69, 9.17) is 0 Å². The molecule has 0 aromatic carbocycles. The Hall–Kier alpha value is -1.91. The summed E-state index contributed by atoms with van der Waals surface area (Å²) >= 11 is 0. The van der Waals surface area contributed by atoms with Crippen molar-refractivity contribution in [1.82, 2.24) is 19.5 Å². The Morgan fingerprint density at radius 1 is 1.20 bits per heavy atom. The molecule has 0 bridgehead atoms. The minimum Gasteiger partial charge on any atom is -0.370 e. The van der Waals surface area contributed by atoms with Crippen molar-refractivity contribution < 1.29 is 0 Å². The van der Waals surface area contributed by atoms with Crippen LogP contribution in [0.15, 0.2) is 12.4 Å². The lowest BCUT2D eigenvalue weighted by molar-refractivity contribution is 0.643. The van der Waals surface area contributed by atoms with Crippen LogP contribution < -0.4 is 5.32 Å². The molecule has 0 amide bonds. The van der Waals surface area contributed by atoms with E-state index in [0.717, 1.165) is 54.7 Å². The topological polar surface area (TPSA) is 55.6 Å². The van der Waals surface area contributed by atoms with Crippen molar-refractivity contribution in [2.24, 2.45) is 0 Å². The van der Waals surface area contributed by atoms with Gasteiger partial charge in [-0.15, -0.1) is 0 Å². The van der Waals surface area contributed by atoms with Crippen LogP contribution in [0.25, 0.3) is 0 Å². The zero-order valence-electron chi connectivity index (χ0n) is 12.8. The number of hydrogen-bond acceptors (Lipinski definition) is 4. The van der Waals surface area contributed by atoms with Crippen LogP contribution in [-0.4, -0.2) is 26.1 Å². The summed E-state index contributed by atoms with van der Waals surface area (Å²) in [6.07, 6.45) is 5.75. The Morgan fingerprint density at radius 2 is 2.00 bits per heavy atom. The summed E-state index contributed by atoms with van der Waals surface area (Å²) in [6.45, 7) is 10.1. The Morgan fingerprint density at radius 3 is 2.70 bits per heavy atom. The number of nitrogens with zero attached hydrogens (tertiary/aromatic N) is 4.